The second-order valence-electron chi connectivity index (χ2n) is 5.28. The van der Waals surface area contributed by atoms with E-state index in [1.54, 1.807) is 12.1 Å². The number of hydrogen-bond acceptors (Lipinski definition) is 4. The fourth-order valence-electron chi connectivity index (χ4n) is 2.27. The molecule has 5 nitrogen and oxygen atoms in total. The van der Waals surface area contributed by atoms with Crippen molar-refractivity contribution in [3.8, 4) is 5.75 Å². The minimum Gasteiger partial charge on any atom is -0.508 e. The minimum atomic E-state index is -0.0983. The van der Waals surface area contributed by atoms with Crippen LogP contribution in [0.25, 0.3) is 0 Å². The normalized spacial score (nSPS) is 17.6. The lowest BCUT2D eigenvalue weighted by atomic mass is 10.1. The molecule has 0 saturated carbocycles. The Morgan fingerprint density at radius 2 is 2.00 bits per heavy atom. The standard InChI is InChI=1S/C15H22N2O3/c1-12(11-17-6-8-20-9-7-17)10-16-15(19)13-2-4-14(18)5-3-13/h2-5,12,18H,6-11H2,1H3,(H,16,19). The van der Waals surface area contributed by atoms with E-state index in [0.717, 1.165) is 32.8 Å². The molecular weight excluding hydrogens is 256 g/mol. The second kappa shape index (κ2) is 7.26. The number of amides is 1. The van der Waals surface area contributed by atoms with Crippen LogP contribution in [0.5, 0.6) is 5.75 Å². The molecule has 1 aromatic rings. The molecule has 1 fully saturated rings. The highest BCUT2D eigenvalue weighted by Gasteiger charge is 2.14. The van der Waals surface area contributed by atoms with E-state index in [9.17, 15) is 9.90 Å². The Morgan fingerprint density at radius 3 is 2.65 bits per heavy atom. The van der Waals surface area contributed by atoms with Crippen LogP contribution in [0.1, 0.15) is 17.3 Å². The summed E-state index contributed by atoms with van der Waals surface area (Å²) in [4.78, 5) is 14.3. The third-order valence-electron chi connectivity index (χ3n) is 3.41. The van der Waals surface area contributed by atoms with Gasteiger partial charge in [-0.3, -0.25) is 9.69 Å². The highest BCUT2D eigenvalue weighted by molar-refractivity contribution is 5.94. The number of carbonyl (C=O) groups excluding carboxylic acids is 1. The summed E-state index contributed by atoms with van der Waals surface area (Å²) >= 11 is 0. The fourth-order valence-corrected chi connectivity index (χ4v) is 2.27. The zero-order valence-electron chi connectivity index (χ0n) is 11.8. The predicted molar refractivity (Wildman–Crippen MR) is 76.9 cm³/mol. The maximum Gasteiger partial charge on any atom is 0.251 e. The van der Waals surface area contributed by atoms with Gasteiger partial charge in [0.05, 0.1) is 13.2 Å². The first-order chi connectivity index (χ1) is 9.65. The number of ether oxygens (including phenoxy) is 1. The van der Waals surface area contributed by atoms with Crippen molar-refractivity contribution in [2.24, 2.45) is 5.92 Å². The minimum absolute atomic E-state index is 0.0983. The molecule has 0 aliphatic carbocycles. The molecule has 1 aliphatic heterocycles. The molecule has 2 rings (SSSR count). The van der Waals surface area contributed by atoms with E-state index in [-0.39, 0.29) is 11.7 Å². The number of phenols is 1. The third-order valence-corrected chi connectivity index (χ3v) is 3.41. The van der Waals surface area contributed by atoms with Crippen molar-refractivity contribution in [1.29, 1.82) is 0 Å². The lowest BCUT2D eigenvalue weighted by Gasteiger charge is -2.29. The third kappa shape index (κ3) is 4.51. The molecule has 1 aromatic carbocycles. The number of benzene rings is 1. The summed E-state index contributed by atoms with van der Waals surface area (Å²) in [5.41, 5.74) is 0.571. The van der Waals surface area contributed by atoms with E-state index in [1.165, 1.54) is 12.1 Å². The molecule has 0 bridgehead atoms. The highest BCUT2D eigenvalue weighted by atomic mass is 16.5. The number of rotatable bonds is 5. The van der Waals surface area contributed by atoms with E-state index in [0.29, 0.717) is 18.0 Å². The van der Waals surface area contributed by atoms with E-state index >= 15 is 0 Å². The van der Waals surface area contributed by atoms with E-state index in [4.69, 9.17) is 4.74 Å². The molecule has 2 N–H and O–H groups in total. The largest absolute Gasteiger partial charge is 0.508 e. The Hall–Kier alpha value is -1.59. The zero-order chi connectivity index (χ0) is 14.4. The summed E-state index contributed by atoms with van der Waals surface area (Å²) in [7, 11) is 0. The molecule has 0 spiro atoms. The number of nitrogens with one attached hydrogen (secondary N) is 1. The highest BCUT2D eigenvalue weighted by Crippen LogP contribution is 2.09. The SMILES string of the molecule is CC(CNC(=O)c1ccc(O)cc1)CN1CCOCC1. The van der Waals surface area contributed by atoms with Gasteiger partial charge < -0.3 is 15.2 Å². The Kier molecular flexibility index (Phi) is 5.38. The van der Waals surface area contributed by atoms with Crippen LogP contribution >= 0.6 is 0 Å². The molecule has 1 aliphatic rings. The Morgan fingerprint density at radius 1 is 1.35 bits per heavy atom. The molecule has 20 heavy (non-hydrogen) atoms. The van der Waals surface area contributed by atoms with Crippen LogP contribution in [-0.2, 0) is 4.74 Å². The van der Waals surface area contributed by atoms with Crippen LogP contribution < -0.4 is 5.32 Å². The lowest BCUT2D eigenvalue weighted by molar-refractivity contribution is 0.0317. The van der Waals surface area contributed by atoms with Gasteiger partial charge in [-0.05, 0) is 30.2 Å². The molecule has 1 heterocycles. The summed E-state index contributed by atoms with van der Waals surface area (Å²) in [5.74, 6) is 0.468. The molecule has 1 saturated heterocycles. The molecule has 1 unspecified atom stereocenters. The molecule has 0 radical (unpaired) electrons. The predicted octanol–water partition coefficient (Wildman–Crippen LogP) is 1.09. The Bertz CT molecular complexity index is 427. The molecule has 1 atom stereocenters. The Balaban J connectivity index is 1.73. The summed E-state index contributed by atoms with van der Waals surface area (Å²) in [6, 6.07) is 6.28. The Labute approximate surface area is 119 Å². The van der Waals surface area contributed by atoms with Crippen LogP contribution in [0.2, 0.25) is 0 Å². The summed E-state index contributed by atoms with van der Waals surface area (Å²) in [6.07, 6.45) is 0. The average Bonchev–Trinajstić information content (AvgIpc) is 2.46. The lowest BCUT2D eigenvalue weighted by Crippen LogP contribution is -2.41. The second-order valence-corrected chi connectivity index (χ2v) is 5.28. The van der Waals surface area contributed by atoms with Crippen LogP contribution in [0.4, 0.5) is 0 Å². The number of morpholine rings is 1. The van der Waals surface area contributed by atoms with Gasteiger partial charge in [-0.2, -0.15) is 0 Å². The van der Waals surface area contributed by atoms with Gasteiger partial charge in [0.25, 0.3) is 5.91 Å². The van der Waals surface area contributed by atoms with Crippen LogP contribution in [0.3, 0.4) is 0 Å². The van der Waals surface area contributed by atoms with Gasteiger partial charge in [0.1, 0.15) is 5.75 Å². The van der Waals surface area contributed by atoms with Crippen LogP contribution in [-0.4, -0.2) is 55.3 Å². The molecule has 1 amide bonds. The van der Waals surface area contributed by atoms with Crippen molar-refractivity contribution in [2.75, 3.05) is 39.4 Å². The first-order valence-corrected chi connectivity index (χ1v) is 7.02. The molecular formula is C15H22N2O3. The maximum absolute atomic E-state index is 11.9. The van der Waals surface area contributed by atoms with Gasteiger partial charge in [-0.15, -0.1) is 0 Å². The van der Waals surface area contributed by atoms with Crippen molar-refractivity contribution in [1.82, 2.24) is 10.2 Å². The van der Waals surface area contributed by atoms with Crippen LogP contribution in [0, 0.1) is 5.92 Å². The molecule has 110 valence electrons. The van der Waals surface area contributed by atoms with Crippen molar-refractivity contribution in [3.63, 3.8) is 0 Å². The zero-order valence-corrected chi connectivity index (χ0v) is 11.8. The fraction of sp³-hybridized carbons (Fsp3) is 0.533. The van der Waals surface area contributed by atoms with Gasteiger partial charge in [-0.25, -0.2) is 0 Å². The van der Waals surface area contributed by atoms with Crippen molar-refractivity contribution < 1.29 is 14.6 Å². The smallest absolute Gasteiger partial charge is 0.251 e. The first kappa shape index (κ1) is 14.8. The first-order valence-electron chi connectivity index (χ1n) is 7.02. The van der Waals surface area contributed by atoms with Gasteiger partial charge >= 0.3 is 0 Å². The number of aromatic hydroxyl groups is 1. The van der Waals surface area contributed by atoms with E-state index in [1.807, 2.05) is 0 Å². The van der Waals surface area contributed by atoms with Gasteiger partial charge in [0, 0.05) is 31.7 Å². The summed E-state index contributed by atoms with van der Waals surface area (Å²) in [5, 5.41) is 12.1. The molecule has 5 heteroatoms. The molecule has 0 aromatic heterocycles. The van der Waals surface area contributed by atoms with E-state index < -0.39 is 0 Å². The van der Waals surface area contributed by atoms with Crippen molar-refractivity contribution in [3.05, 3.63) is 29.8 Å². The number of carbonyl (C=O) groups is 1. The van der Waals surface area contributed by atoms with Crippen LogP contribution in [0.15, 0.2) is 24.3 Å². The summed E-state index contributed by atoms with van der Waals surface area (Å²) in [6.45, 7) is 7.29. The number of phenolic OH excluding ortho intramolecular Hbond substituents is 1. The van der Waals surface area contributed by atoms with Gasteiger partial charge in [0.2, 0.25) is 0 Å². The number of hydrogen-bond donors (Lipinski definition) is 2. The monoisotopic (exact) mass is 278 g/mol. The average molecular weight is 278 g/mol. The van der Waals surface area contributed by atoms with Crippen molar-refractivity contribution in [2.45, 2.75) is 6.92 Å². The van der Waals surface area contributed by atoms with E-state index in [2.05, 4.69) is 17.1 Å². The van der Waals surface area contributed by atoms with Crippen molar-refractivity contribution >= 4 is 5.91 Å². The quantitative estimate of drug-likeness (QED) is 0.846. The van der Waals surface area contributed by atoms with Gasteiger partial charge in [0.15, 0.2) is 0 Å². The maximum atomic E-state index is 11.9. The van der Waals surface area contributed by atoms with Gasteiger partial charge in [-0.1, -0.05) is 6.92 Å². The summed E-state index contributed by atoms with van der Waals surface area (Å²) < 4.78 is 5.32. The topological polar surface area (TPSA) is 61.8 Å². The number of nitrogens with zero attached hydrogens (tertiary/aromatic N) is 1.